The molecule has 0 aliphatic carbocycles. The van der Waals surface area contributed by atoms with Crippen molar-refractivity contribution in [2.24, 2.45) is 5.10 Å². The molecule has 0 unspecified atom stereocenters. The van der Waals surface area contributed by atoms with Gasteiger partial charge in [-0.05, 0) is 13.0 Å². The van der Waals surface area contributed by atoms with Crippen molar-refractivity contribution < 1.29 is 4.79 Å². The molecule has 0 aromatic carbocycles. The number of pyridine rings is 1. The highest BCUT2D eigenvalue weighted by atomic mass is 16.2. The van der Waals surface area contributed by atoms with Crippen molar-refractivity contribution in [3.63, 3.8) is 0 Å². The average molecular weight is 233 g/mol. The van der Waals surface area contributed by atoms with Gasteiger partial charge in [-0.2, -0.15) is 5.10 Å². The number of hydrazone groups is 1. The fourth-order valence-corrected chi connectivity index (χ4v) is 1.11. The number of hydrogen-bond acceptors (Lipinski definition) is 4. The summed E-state index contributed by atoms with van der Waals surface area (Å²) >= 11 is 0. The molecule has 0 aliphatic heterocycles. The lowest BCUT2D eigenvalue weighted by Gasteiger charge is -2.15. The number of nitrogens with one attached hydrogen (secondary N) is 2. The van der Waals surface area contributed by atoms with Crippen molar-refractivity contribution >= 4 is 18.0 Å². The number of aromatic nitrogens is 1. The van der Waals surface area contributed by atoms with Gasteiger partial charge >= 0.3 is 6.03 Å². The third-order valence-electron chi connectivity index (χ3n) is 1.87. The molecule has 2 N–H and O–H groups in total. The first-order valence-electron chi connectivity index (χ1n) is 5.10. The minimum Gasteiger partial charge on any atom is -0.340 e. The second kappa shape index (κ2) is 6.37. The summed E-state index contributed by atoms with van der Waals surface area (Å²) < 4.78 is 0. The summed E-state index contributed by atoms with van der Waals surface area (Å²) in [6, 6.07) is 3.26. The van der Waals surface area contributed by atoms with E-state index in [-0.39, 0.29) is 12.6 Å². The fourth-order valence-electron chi connectivity index (χ4n) is 1.11. The topological polar surface area (TPSA) is 81.4 Å². The first-order chi connectivity index (χ1) is 8.13. The summed E-state index contributed by atoms with van der Waals surface area (Å²) in [5, 5.41) is 15.0. The van der Waals surface area contributed by atoms with Gasteiger partial charge in [-0.3, -0.25) is 4.98 Å². The van der Waals surface area contributed by atoms with Crippen molar-refractivity contribution in [2.45, 2.75) is 6.92 Å². The van der Waals surface area contributed by atoms with Crippen molar-refractivity contribution in [1.29, 1.82) is 5.41 Å². The average Bonchev–Trinajstić information content (AvgIpc) is 2.34. The van der Waals surface area contributed by atoms with Crippen LogP contribution in [0.1, 0.15) is 12.5 Å². The van der Waals surface area contributed by atoms with Gasteiger partial charge in [0.15, 0.2) is 0 Å². The minimum atomic E-state index is -0.350. The van der Waals surface area contributed by atoms with Crippen LogP contribution in [-0.4, -0.2) is 41.5 Å². The molecule has 6 nitrogen and oxygen atoms in total. The third-order valence-corrected chi connectivity index (χ3v) is 1.87. The molecular formula is C11H15N5O. The Labute approximate surface area is 99.9 Å². The maximum atomic E-state index is 11.5. The standard InChI is InChI=1S/C11H15N5O/c1-9(12)8-16(11(17)13-2)15-7-10-4-3-5-14-6-10/h3-7,12H,8H2,1-2H3,(H,13,17)/b12-9?,15-7+. The molecule has 0 radical (unpaired) electrons. The Kier molecular flexibility index (Phi) is 4.80. The molecule has 1 aromatic rings. The van der Waals surface area contributed by atoms with Crippen LogP contribution in [0.2, 0.25) is 0 Å². The van der Waals surface area contributed by atoms with Crippen molar-refractivity contribution in [1.82, 2.24) is 15.3 Å². The van der Waals surface area contributed by atoms with Crippen LogP contribution in [0.5, 0.6) is 0 Å². The van der Waals surface area contributed by atoms with E-state index >= 15 is 0 Å². The molecule has 1 heterocycles. The Balaban J connectivity index is 2.75. The van der Waals surface area contributed by atoms with Crippen LogP contribution in [0.15, 0.2) is 29.6 Å². The molecular weight excluding hydrogens is 218 g/mol. The molecule has 17 heavy (non-hydrogen) atoms. The van der Waals surface area contributed by atoms with Crippen LogP contribution < -0.4 is 5.32 Å². The second-order valence-corrected chi connectivity index (χ2v) is 3.42. The van der Waals surface area contributed by atoms with E-state index in [0.717, 1.165) is 5.56 Å². The quantitative estimate of drug-likeness (QED) is 0.603. The van der Waals surface area contributed by atoms with Gasteiger partial charge in [-0.25, -0.2) is 9.80 Å². The van der Waals surface area contributed by atoms with Crippen LogP contribution in [0.3, 0.4) is 0 Å². The van der Waals surface area contributed by atoms with Gasteiger partial charge in [0.2, 0.25) is 0 Å². The Morgan fingerprint density at radius 1 is 1.71 bits per heavy atom. The lowest BCUT2D eigenvalue weighted by molar-refractivity contribution is 0.209. The van der Waals surface area contributed by atoms with Gasteiger partial charge in [0.1, 0.15) is 0 Å². The SMILES string of the molecule is CNC(=O)N(CC(C)=N)/N=C/c1cccnc1. The summed E-state index contributed by atoms with van der Waals surface area (Å²) in [5.41, 5.74) is 1.15. The van der Waals surface area contributed by atoms with E-state index in [2.05, 4.69) is 15.4 Å². The van der Waals surface area contributed by atoms with Crippen LogP contribution in [0, 0.1) is 5.41 Å². The van der Waals surface area contributed by atoms with Crippen LogP contribution in [0.25, 0.3) is 0 Å². The molecule has 2 amide bonds. The monoisotopic (exact) mass is 233 g/mol. The molecule has 1 aromatic heterocycles. The van der Waals surface area contributed by atoms with Gasteiger partial charge in [0.25, 0.3) is 0 Å². The normalized spacial score (nSPS) is 10.2. The van der Waals surface area contributed by atoms with Gasteiger partial charge in [0, 0.05) is 30.7 Å². The van der Waals surface area contributed by atoms with Gasteiger partial charge < -0.3 is 10.7 Å². The van der Waals surface area contributed by atoms with E-state index in [1.54, 1.807) is 25.4 Å². The summed E-state index contributed by atoms with van der Waals surface area (Å²) in [6.07, 6.45) is 4.84. The fraction of sp³-hybridized carbons (Fsp3) is 0.273. The van der Waals surface area contributed by atoms with Gasteiger partial charge in [-0.1, -0.05) is 6.07 Å². The maximum Gasteiger partial charge on any atom is 0.337 e. The van der Waals surface area contributed by atoms with Gasteiger partial charge in [-0.15, -0.1) is 0 Å². The highest BCUT2D eigenvalue weighted by Gasteiger charge is 2.09. The minimum absolute atomic E-state index is 0.163. The molecule has 0 saturated carbocycles. The van der Waals surface area contributed by atoms with Crippen LogP contribution >= 0.6 is 0 Å². The van der Waals surface area contributed by atoms with E-state index in [4.69, 9.17) is 5.41 Å². The third kappa shape index (κ3) is 4.42. The largest absolute Gasteiger partial charge is 0.340 e. The molecule has 0 fully saturated rings. The molecule has 0 aliphatic rings. The second-order valence-electron chi connectivity index (χ2n) is 3.42. The molecule has 0 spiro atoms. The van der Waals surface area contributed by atoms with Crippen molar-refractivity contribution in [2.75, 3.05) is 13.6 Å². The van der Waals surface area contributed by atoms with Crippen molar-refractivity contribution in [3.8, 4) is 0 Å². The van der Waals surface area contributed by atoms with Crippen molar-refractivity contribution in [3.05, 3.63) is 30.1 Å². The lowest BCUT2D eigenvalue weighted by Crippen LogP contribution is -2.37. The summed E-state index contributed by atoms with van der Waals surface area (Å²) in [6.45, 7) is 1.78. The number of rotatable bonds is 4. The Morgan fingerprint density at radius 2 is 2.47 bits per heavy atom. The zero-order valence-electron chi connectivity index (χ0n) is 9.84. The Morgan fingerprint density at radius 3 is 3.00 bits per heavy atom. The summed E-state index contributed by atoms with van der Waals surface area (Å²) in [7, 11) is 1.52. The lowest BCUT2D eigenvalue weighted by atomic mass is 10.3. The van der Waals surface area contributed by atoms with E-state index < -0.39 is 0 Å². The smallest absolute Gasteiger partial charge is 0.337 e. The molecule has 0 bridgehead atoms. The number of carbonyl (C=O) groups is 1. The predicted molar refractivity (Wildman–Crippen MR) is 66.4 cm³/mol. The van der Waals surface area contributed by atoms with Crippen LogP contribution in [-0.2, 0) is 0 Å². The predicted octanol–water partition coefficient (Wildman–Crippen LogP) is 1.10. The number of hydrogen-bond donors (Lipinski definition) is 2. The van der Waals surface area contributed by atoms with E-state index in [9.17, 15) is 4.79 Å². The molecule has 90 valence electrons. The molecule has 0 atom stereocenters. The molecule has 0 saturated heterocycles. The Bertz CT molecular complexity index is 415. The highest BCUT2D eigenvalue weighted by Crippen LogP contribution is 1.95. The number of amides is 2. The first kappa shape index (κ1) is 12.8. The summed E-state index contributed by atoms with van der Waals surface area (Å²) in [5.74, 6) is 0. The van der Waals surface area contributed by atoms with Crippen LogP contribution in [0.4, 0.5) is 4.79 Å². The van der Waals surface area contributed by atoms with E-state index in [0.29, 0.717) is 5.71 Å². The Hall–Kier alpha value is -2.24. The first-order valence-corrected chi connectivity index (χ1v) is 5.10. The maximum absolute atomic E-state index is 11.5. The molecule has 6 heteroatoms. The summed E-state index contributed by atoms with van der Waals surface area (Å²) in [4.78, 5) is 15.4. The zero-order valence-corrected chi connectivity index (χ0v) is 9.84. The zero-order chi connectivity index (χ0) is 12.7. The number of carbonyl (C=O) groups excluding carboxylic acids is 1. The number of urea groups is 1. The van der Waals surface area contributed by atoms with E-state index in [1.165, 1.54) is 18.3 Å². The highest BCUT2D eigenvalue weighted by molar-refractivity contribution is 5.87. The van der Waals surface area contributed by atoms with E-state index in [1.807, 2.05) is 6.07 Å². The molecule has 1 rings (SSSR count). The van der Waals surface area contributed by atoms with Gasteiger partial charge in [0.05, 0.1) is 12.8 Å². The number of nitrogens with zero attached hydrogens (tertiary/aromatic N) is 3.